The van der Waals surface area contributed by atoms with Crippen LogP contribution in [0.3, 0.4) is 0 Å². The van der Waals surface area contributed by atoms with Crippen LogP contribution in [0, 0.1) is 0 Å². The molecule has 0 aromatic carbocycles. The van der Waals surface area contributed by atoms with Gasteiger partial charge in [-0.3, -0.25) is 4.99 Å². The number of nitrogens with zero attached hydrogens (tertiary/aromatic N) is 1. The van der Waals surface area contributed by atoms with E-state index in [0.29, 0.717) is 0 Å². The number of hydrogen-bond donors (Lipinski definition) is 0. The van der Waals surface area contributed by atoms with E-state index in [1.807, 2.05) is 0 Å². The zero-order valence-electron chi connectivity index (χ0n) is 3.87. The fourth-order valence-electron chi connectivity index (χ4n) is 0.264. The molecule has 0 aromatic rings. The second-order valence-corrected chi connectivity index (χ2v) is 0.882. The predicted octanol–water partition coefficient (Wildman–Crippen LogP) is 0.0399. The first kappa shape index (κ1) is 10.7. The van der Waals surface area contributed by atoms with Crippen LogP contribution in [0.1, 0.15) is 0 Å². The van der Waals surface area contributed by atoms with Crippen molar-refractivity contribution >= 4 is 6.40 Å². The summed E-state index contributed by atoms with van der Waals surface area (Å²) in [4.78, 5) is 3.74. The molecule has 0 spiro atoms. The van der Waals surface area contributed by atoms with E-state index < -0.39 is 0 Å². The molecular formula is C3H5NOPdZn. The van der Waals surface area contributed by atoms with Crippen LogP contribution < -0.4 is 0 Å². The summed E-state index contributed by atoms with van der Waals surface area (Å²) >= 11 is 0. The Morgan fingerprint density at radius 3 is 2.43 bits per heavy atom. The summed E-state index contributed by atoms with van der Waals surface area (Å²) < 4.78 is 4.65. The molecule has 0 fully saturated rings. The van der Waals surface area contributed by atoms with Crippen molar-refractivity contribution in [2.24, 2.45) is 4.99 Å². The predicted molar refractivity (Wildman–Crippen MR) is 19.3 cm³/mol. The van der Waals surface area contributed by atoms with Crippen LogP contribution in [0.15, 0.2) is 4.99 Å². The maximum absolute atomic E-state index is 4.65. The van der Waals surface area contributed by atoms with Gasteiger partial charge in [0, 0.05) is 39.9 Å². The van der Waals surface area contributed by atoms with Crippen molar-refractivity contribution in [1.82, 2.24) is 0 Å². The molecule has 0 bridgehead atoms. The summed E-state index contributed by atoms with van der Waals surface area (Å²) in [6.45, 7) is 1.62. The first-order valence-electron chi connectivity index (χ1n) is 1.60. The largest absolute Gasteiger partial charge is 0.482 e. The Hall–Kier alpha value is 0.756. The Morgan fingerprint density at radius 2 is 2.29 bits per heavy atom. The number of rotatable bonds is 0. The van der Waals surface area contributed by atoms with Gasteiger partial charge < -0.3 is 4.74 Å². The van der Waals surface area contributed by atoms with Gasteiger partial charge in [0.15, 0.2) is 6.40 Å². The van der Waals surface area contributed by atoms with Crippen molar-refractivity contribution in [3.8, 4) is 0 Å². The SMILES string of the molecule is C1=NCCO1.[Pd].[Zn]. The average molecular weight is 243 g/mol. The van der Waals surface area contributed by atoms with Gasteiger partial charge in [-0.2, -0.15) is 0 Å². The van der Waals surface area contributed by atoms with E-state index in [2.05, 4.69) is 9.73 Å². The molecule has 0 amide bonds. The molecule has 0 atom stereocenters. The Balaban J connectivity index is 0. The third-order valence-electron chi connectivity index (χ3n) is 0.487. The quantitative estimate of drug-likeness (QED) is 0.550. The molecule has 1 aliphatic rings. The topological polar surface area (TPSA) is 21.6 Å². The van der Waals surface area contributed by atoms with Crippen LogP contribution in [0.4, 0.5) is 0 Å². The molecule has 0 saturated carbocycles. The van der Waals surface area contributed by atoms with Gasteiger partial charge >= 0.3 is 0 Å². The van der Waals surface area contributed by atoms with Crippen LogP contribution in [-0.4, -0.2) is 19.6 Å². The molecule has 0 radical (unpaired) electrons. The van der Waals surface area contributed by atoms with Gasteiger partial charge in [-0.05, 0) is 0 Å². The molecule has 0 unspecified atom stereocenters. The van der Waals surface area contributed by atoms with E-state index in [-0.39, 0.29) is 39.9 Å². The molecule has 1 rings (SSSR count). The normalized spacial score (nSPS) is 13.7. The molecule has 0 saturated heterocycles. The van der Waals surface area contributed by atoms with Crippen LogP contribution >= 0.6 is 0 Å². The number of hydrogen-bond acceptors (Lipinski definition) is 2. The first-order chi connectivity index (χ1) is 2.50. The van der Waals surface area contributed by atoms with Crippen LogP contribution in [0.2, 0.25) is 0 Å². The minimum Gasteiger partial charge on any atom is -0.482 e. The molecule has 7 heavy (non-hydrogen) atoms. The summed E-state index contributed by atoms with van der Waals surface area (Å²) in [6, 6.07) is 0. The van der Waals surface area contributed by atoms with Gasteiger partial charge in [0.05, 0.1) is 6.54 Å². The summed E-state index contributed by atoms with van der Waals surface area (Å²) in [5.41, 5.74) is 0. The molecule has 1 heterocycles. The van der Waals surface area contributed by atoms with E-state index in [1.165, 1.54) is 6.40 Å². The van der Waals surface area contributed by atoms with Gasteiger partial charge in [0.25, 0.3) is 0 Å². The standard InChI is InChI=1S/C3H5NO.Pd.Zn/c1-2-5-3-4-1;;/h3H,1-2H2;;. The van der Waals surface area contributed by atoms with Crippen LogP contribution in [0.25, 0.3) is 0 Å². The van der Waals surface area contributed by atoms with Gasteiger partial charge in [0.1, 0.15) is 6.61 Å². The summed E-state index contributed by atoms with van der Waals surface area (Å²) in [6.07, 6.45) is 1.49. The Bertz CT molecular complexity index is 52.9. The third kappa shape index (κ3) is 4.61. The van der Waals surface area contributed by atoms with Crippen molar-refractivity contribution in [2.45, 2.75) is 0 Å². The minimum absolute atomic E-state index is 0. The number of aliphatic imine (C=N–C) groups is 1. The zero-order chi connectivity index (χ0) is 3.54. The van der Waals surface area contributed by atoms with Crippen LogP contribution in [-0.2, 0) is 44.6 Å². The fraction of sp³-hybridized carbons (Fsp3) is 0.667. The summed E-state index contributed by atoms with van der Waals surface area (Å²) in [5, 5.41) is 0. The van der Waals surface area contributed by atoms with E-state index in [4.69, 9.17) is 0 Å². The summed E-state index contributed by atoms with van der Waals surface area (Å²) in [7, 11) is 0. The molecular weight excluding hydrogens is 238 g/mol. The van der Waals surface area contributed by atoms with E-state index in [0.717, 1.165) is 13.2 Å². The van der Waals surface area contributed by atoms with Gasteiger partial charge in [-0.1, -0.05) is 0 Å². The molecule has 40 valence electrons. The van der Waals surface area contributed by atoms with E-state index in [1.54, 1.807) is 0 Å². The smallest absolute Gasteiger partial charge is 0.169 e. The van der Waals surface area contributed by atoms with Gasteiger partial charge in [0.2, 0.25) is 0 Å². The molecule has 0 aliphatic carbocycles. The first-order valence-corrected chi connectivity index (χ1v) is 1.60. The van der Waals surface area contributed by atoms with E-state index >= 15 is 0 Å². The Labute approximate surface area is 69.1 Å². The van der Waals surface area contributed by atoms with Crippen molar-refractivity contribution in [3.63, 3.8) is 0 Å². The molecule has 2 nitrogen and oxygen atoms in total. The third-order valence-corrected chi connectivity index (χ3v) is 0.487. The molecule has 1 aliphatic heterocycles. The zero-order valence-corrected chi connectivity index (χ0v) is 8.39. The maximum atomic E-state index is 4.65. The van der Waals surface area contributed by atoms with E-state index in [9.17, 15) is 0 Å². The monoisotopic (exact) mass is 241 g/mol. The van der Waals surface area contributed by atoms with Crippen LogP contribution in [0.5, 0.6) is 0 Å². The Kier molecular flexibility index (Phi) is 10.3. The van der Waals surface area contributed by atoms with Crippen molar-refractivity contribution < 1.29 is 44.6 Å². The molecule has 4 heteroatoms. The van der Waals surface area contributed by atoms with Crippen molar-refractivity contribution in [2.75, 3.05) is 13.2 Å². The molecule has 0 N–H and O–H groups in total. The average Bonchev–Trinajstić information content (AvgIpc) is 1.76. The van der Waals surface area contributed by atoms with Gasteiger partial charge in [-0.25, -0.2) is 0 Å². The second-order valence-electron chi connectivity index (χ2n) is 0.882. The summed E-state index contributed by atoms with van der Waals surface area (Å²) in [5.74, 6) is 0. The van der Waals surface area contributed by atoms with Crippen molar-refractivity contribution in [3.05, 3.63) is 0 Å². The fourth-order valence-corrected chi connectivity index (χ4v) is 0.264. The maximum Gasteiger partial charge on any atom is 0.169 e. The second kappa shape index (κ2) is 6.76. The van der Waals surface area contributed by atoms with Gasteiger partial charge in [-0.15, -0.1) is 0 Å². The number of ether oxygens (including phenoxy) is 1. The van der Waals surface area contributed by atoms with Crippen molar-refractivity contribution in [1.29, 1.82) is 0 Å². The molecule has 0 aromatic heterocycles. The Morgan fingerprint density at radius 1 is 1.57 bits per heavy atom. The minimum atomic E-state index is 0.